The fourth-order valence-electron chi connectivity index (χ4n) is 8.41. The highest BCUT2D eigenvalue weighted by molar-refractivity contribution is 6.11. The molecule has 1 atom stereocenters. The molecule has 240 valence electrons. The van der Waals surface area contributed by atoms with Gasteiger partial charge in [-0.25, -0.2) is 0 Å². The smallest absolute Gasteiger partial charge is 0.123 e. The lowest BCUT2D eigenvalue weighted by molar-refractivity contribution is 0.908. The number of aromatic nitrogens is 2. The number of allylic oxidation sites excluding steroid dienone is 2. The molecule has 4 heteroatoms. The summed E-state index contributed by atoms with van der Waals surface area (Å²) < 4.78 is 4.87. The zero-order valence-electron chi connectivity index (χ0n) is 27.7. The van der Waals surface area contributed by atoms with Crippen molar-refractivity contribution in [1.29, 1.82) is 0 Å². The van der Waals surface area contributed by atoms with E-state index >= 15 is 0 Å². The zero-order valence-corrected chi connectivity index (χ0v) is 27.7. The summed E-state index contributed by atoms with van der Waals surface area (Å²) in [5, 5.41) is 8.82. The van der Waals surface area contributed by atoms with E-state index in [2.05, 4.69) is 202 Å². The Morgan fingerprint density at radius 2 is 0.922 bits per heavy atom. The maximum Gasteiger partial charge on any atom is 0.123 e. The Kier molecular flexibility index (Phi) is 5.98. The lowest BCUT2D eigenvalue weighted by Crippen LogP contribution is -2.30. The van der Waals surface area contributed by atoms with Crippen molar-refractivity contribution in [2.45, 2.75) is 6.17 Å². The van der Waals surface area contributed by atoms with Gasteiger partial charge in [-0.2, -0.15) is 0 Å². The van der Waals surface area contributed by atoms with Crippen LogP contribution in [0.15, 0.2) is 182 Å². The second-order valence-electron chi connectivity index (χ2n) is 13.5. The summed E-state index contributed by atoms with van der Waals surface area (Å²) in [4.78, 5) is 2.34. The summed E-state index contributed by atoms with van der Waals surface area (Å²) in [6, 6.07) is 57.7. The second-order valence-corrected chi connectivity index (χ2v) is 13.5. The van der Waals surface area contributed by atoms with Gasteiger partial charge in [0.15, 0.2) is 0 Å². The monoisotopic (exact) mass is 652 g/mol. The maximum atomic E-state index is 3.81. The Bertz CT molecular complexity index is 2670. The van der Waals surface area contributed by atoms with Crippen molar-refractivity contribution in [3.05, 3.63) is 182 Å². The lowest BCUT2D eigenvalue weighted by Gasteiger charge is -2.22. The van der Waals surface area contributed by atoms with Crippen LogP contribution in [0.4, 0.5) is 11.4 Å². The van der Waals surface area contributed by atoms with Crippen LogP contribution in [-0.2, 0) is 0 Å². The van der Waals surface area contributed by atoms with Crippen LogP contribution in [-0.4, -0.2) is 15.3 Å². The number of hydrogen-bond donors (Lipinski definition) is 1. The number of fused-ring (bicyclic) bond motifs is 9. The molecule has 9 aromatic rings. The first-order chi connectivity index (χ1) is 25.3. The zero-order chi connectivity index (χ0) is 33.5. The minimum absolute atomic E-state index is 0.0832. The van der Waals surface area contributed by atoms with Crippen molar-refractivity contribution >= 4 is 55.0 Å². The van der Waals surface area contributed by atoms with Crippen LogP contribution in [0.2, 0.25) is 0 Å². The van der Waals surface area contributed by atoms with Crippen molar-refractivity contribution in [2.24, 2.45) is 0 Å². The quantitative estimate of drug-likeness (QED) is 0.205. The van der Waals surface area contributed by atoms with Crippen LogP contribution in [0.1, 0.15) is 0 Å². The predicted molar refractivity (Wildman–Crippen MR) is 214 cm³/mol. The van der Waals surface area contributed by atoms with Crippen molar-refractivity contribution in [3.8, 4) is 33.6 Å². The summed E-state index contributed by atoms with van der Waals surface area (Å²) in [5.74, 6) is 0. The molecule has 2 aliphatic rings. The van der Waals surface area contributed by atoms with Gasteiger partial charge in [0.1, 0.15) is 6.17 Å². The van der Waals surface area contributed by atoms with Crippen molar-refractivity contribution < 1.29 is 0 Å². The van der Waals surface area contributed by atoms with Gasteiger partial charge in [-0.1, -0.05) is 109 Å². The summed E-state index contributed by atoms with van der Waals surface area (Å²) in [6.07, 6.45) is 8.72. The molecule has 0 bridgehead atoms. The molecule has 4 heterocycles. The van der Waals surface area contributed by atoms with E-state index in [4.69, 9.17) is 0 Å². The van der Waals surface area contributed by atoms with Crippen LogP contribution in [0.5, 0.6) is 0 Å². The molecule has 2 aliphatic heterocycles. The number of nitrogens with zero attached hydrogens (tertiary/aromatic N) is 3. The average molecular weight is 653 g/mol. The van der Waals surface area contributed by atoms with Crippen molar-refractivity contribution in [3.63, 3.8) is 0 Å². The van der Waals surface area contributed by atoms with E-state index in [0.717, 1.165) is 22.6 Å². The van der Waals surface area contributed by atoms with Crippen molar-refractivity contribution in [2.75, 3.05) is 10.2 Å². The predicted octanol–water partition coefficient (Wildman–Crippen LogP) is 11.9. The molecule has 0 saturated carbocycles. The SMILES string of the molecule is C1=CC2Nc3c(-c4ccccc4)cc(-c4cc(-n5c6ccccc6c6ccccc65)cc(-n5c6ccccc6c6ccccc65)c4)cc3N2C=C1. The molecular formula is C47H32N4. The summed E-state index contributed by atoms with van der Waals surface area (Å²) >= 11 is 0. The van der Waals surface area contributed by atoms with Gasteiger partial charge in [0.05, 0.1) is 33.4 Å². The third-order valence-corrected chi connectivity index (χ3v) is 10.6. The molecule has 2 aromatic heterocycles. The molecule has 7 aromatic carbocycles. The van der Waals surface area contributed by atoms with E-state index in [9.17, 15) is 0 Å². The Labute approximate surface area is 295 Å². The molecule has 4 nitrogen and oxygen atoms in total. The minimum atomic E-state index is 0.0832. The molecular weight excluding hydrogens is 621 g/mol. The topological polar surface area (TPSA) is 25.1 Å². The molecule has 11 rings (SSSR count). The number of benzene rings is 7. The highest BCUT2D eigenvalue weighted by Crippen LogP contribution is 2.47. The molecule has 1 unspecified atom stereocenters. The first-order valence-electron chi connectivity index (χ1n) is 17.6. The van der Waals surface area contributed by atoms with Gasteiger partial charge in [0.25, 0.3) is 0 Å². The largest absolute Gasteiger partial charge is 0.359 e. The Morgan fingerprint density at radius 1 is 0.431 bits per heavy atom. The molecule has 0 radical (unpaired) electrons. The number of para-hydroxylation sites is 4. The lowest BCUT2D eigenvalue weighted by atomic mass is 9.95. The highest BCUT2D eigenvalue weighted by Gasteiger charge is 2.30. The third kappa shape index (κ3) is 4.20. The minimum Gasteiger partial charge on any atom is -0.359 e. The summed E-state index contributed by atoms with van der Waals surface area (Å²) in [5.41, 5.74) is 14.1. The third-order valence-electron chi connectivity index (χ3n) is 10.6. The van der Waals surface area contributed by atoms with Crippen LogP contribution >= 0.6 is 0 Å². The number of hydrogen-bond acceptors (Lipinski definition) is 2. The van der Waals surface area contributed by atoms with Gasteiger partial charge in [-0.05, 0) is 83.4 Å². The molecule has 0 fully saturated rings. The Balaban J connectivity index is 1.24. The van der Waals surface area contributed by atoms with Crippen molar-refractivity contribution in [1.82, 2.24) is 9.13 Å². The fourth-order valence-corrected chi connectivity index (χ4v) is 8.41. The van der Waals surface area contributed by atoms with Gasteiger partial charge >= 0.3 is 0 Å². The van der Waals surface area contributed by atoms with E-state index in [0.29, 0.717) is 0 Å². The van der Waals surface area contributed by atoms with Gasteiger partial charge in [-0.15, -0.1) is 0 Å². The second kappa shape index (κ2) is 10.9. The van der Waals surface area contributed by atoms with E-state index < -0.39 is 0 Å². The van der Waals surface area contributed by atoms with E-state index in [1.165, 1.54) is 66.0 Å². The van der Waals surface area contributed by atoms with Gasteiger partial charge in [0, 0.05) is 44.7 Å². The normalized spacial score (nSPS) is 14.8. The molecule has 0 spiro atoms. The molecule has 0 saturated heterocycles. The van der Waals surface area contributed by atoms with E-state index in [1.54, 1.807) is 0 Å². The van der Waals surface area contributed by atoms with E-state index in [1.807, 2.05) is 0 Å². The van der Waals surface area contributed by atoms with Gasteiger partial charge in [0.2, 0.25) is 0 Å². The fraction of sp³-hybridized carbons (Fsp3) is 0.0213. The molecule has 51 heavy (non-hydrogen) atoms. The van der Waals surface area contributed by atoms with Gasteiger partial charge in [-0.3, -0.25) is 0 Å². The maximum absolute atomic E-state index is 3.81. The number of nitrogens with one attached hydrogen (secondary N) is 1. The van der Waals surface area contributed by atoms with Crippen LogP contribution < -0.4 is 10.2 Å². The Morgan fingerprint density at radius 3 is 1.47 bits per heavy atom. The van der Waals surface area contributed by atoms with E-state index in [-0.39, 0.29) is 6.17 Å². The summed E-state index contributed by atoms with van der Waals surface area (Å²) in [7, 11) is 0. The number of rotatable bonds is 4. The molecule has 0 aliphatic carbocycles. The highest BCUT2D eigenvalue weighted by atomic mass is 15.3. The number of anilines is 2. The molecule has 1 N–H and O–H groups in total. The van der Waals surface area contributed by atoms with Crippen LogP contribution in [0.3, 0.4) is 0 Å². The summed E-state index contributed by atoms with van der Waals surface area (Å²) in [6.45, 7) is 0. The van der Waals surface area contributed by atoms with Gasteiger partial charge < -0.3 is 19.4 Å². The first-order valence-corrected chi connectivity index (χ1v) is 17.6. The Hall–Kier alpha value is -6.78. The molecule has 0 amide bonds. The van der Waals surface area contributed by atoms with Crippen LogP contribution in [0.25, 0.3) is 77.2 Å². The average Bonchev–Trinajstić information content (AvgIpc) is 3.86. The standard InChI is InChI=1S/C47H32N4/c1-2-14-31(15-3-1)40-28-33(29-45-47(40)48-46-24-12-13-25-49(45)46)32-26-34(50-41-20-8-4-16-36(41)37-17-5-9-21-42(37)50)30-35(27-32)51-43-22-10-6-18-38(43)39-19-7-11-23-44(39)51/h1-30,46,48H. The van der Waals surface area contributed by atoms with Crippen LogP contribution in [0, 0.1) is 0 Å². The first kappa shape index (κ1) is 28.1.